The number of thiazole rings is 1. The summed E-state index contributed by atoms with van der Waals surface area (Å²) in [6.07, 6.45) is -0.658. The molecule has 2 N–H and O–H groups in total. The molecule has 34 heavy (non-hydrogen) atoms. The number of anilines is 1. The molecule has 3 aromatic heterocycles. The Balaban J connectivity index is 1.72. The summed E-state index contributed by atoms with van der Waals surface area (Å²) in [6.45, 7) is 3.07. The monoisotopic (exact) mass is 483 g/mol. The van der Waals surface area contributed by atoms with Gasteiger partial charge in [0.05, 0.1) is 29.3 Å². The fraction of sp³-hybridized carbons (Fsp3) is 0.174. The number of hydrogen-bond acceptors (Lipinski definition) is 8. The van der Waals surface area contributed by atoms with Gasteiger partial charge in [-0.2, -0.15) is 13.2 Å². The van der Waals surface area contributed by atoms with Crippen molar-refractivity contribution in [3.05, 3.63) is 64.5 Å². The number of nitrogens with two attached hydrogens (primary N) is 1. The van der Waals surface area contributed by atoms with Crippen LogP contribution in [0.4, 0.5) is 18.9 Å². The molecule has 172 valence electrons. The second-order valence-corrected chi connectivity index (χ2v) is 8.24. The second-order valence-electron chi connectivity index (χ2n) is 7.34. The van der Waals surface area contributed by atoms with Gasteiger partial charge in [-0.25, -0.2) is 19.7 Å². The number of benzene rings is 1. The minimum atomic E-state index is -5.16. The number of pyridine rings is 1. The molecular formula is C23H16F3N5O2S. The van der Waals surface area contributed by atoms with Crippen molar-refractivity contribution in [1.82, 2.24) is 19.9 Å². The Morgan fingerprint density at radius 3 is 2.71 bits per heavy atom. The first-order chi connectivity index (χ1) is 16.1. The van der Waals surface area contributed by atoms with Crippen LogP contribution in [0.5, 0.6) is 0 Å². The van der Waals surface area contributed by atoms with Crippen LogP contribution in [0.1, 0.15) is 23.2 Å². The minimum Gasteiger partial charge on any atom is -0.432 e. The Kier molecular flexibility index (Phi) is 5.93. The first-order valence-electron chi connectivity index (χ1n) is 9.78. The standard InChI is InChI=1S/C23H16F3N5O2S/c1-13-18-16(27)11-28-12-17(18)31-19(30-13)15-5-3-4-14(10-15)6-7-22(2,20-29-8-9-34-20)33-21(32)23(24,25)26/h3-5,8-12H,27H2,1-2H3/t22-/m1/s1. The van der Waals surface area contributed by atoms with Gasteiger partial charge < -0.3 is 10.5 Å². The van der Waals surface area contributed by atoms with E-state index in [4.69, 9.17) is 10.5 Å². The van der Waals surface area contributed by atoms with Crippen molar-refractivity contribution in [3.8, 4) is 23.2 Å². The SMILES string of the molecule is Cc1nc(-c2cccc(C#C[C@@](C)(OC(=O)C(F)(F)F)c3nccs3)c2)nc2cncc(N)c12. The van der Waals surface area contributed by atoms with Crippen LogP contribution in [0.2, 0.25) is 0 Å². The molecule has 0 spiro atoms. The Morgan fingerprint density at radius 1 is 1.21 bits per heavy atom. The van der Waals surface area contributed by atoms with E-state index in [0.717, 1.165) is 11.3 Å². The van der Waals surface area contributed by atoms with Crippen molar-refractivity contribution in [2.75, 3.05) is 5.73 Å². The van der Waals surface area contributed by atoms with Crippen molar-refractivity contribution in [2.45, 2.75) is 25.6 Å². The third-order valence-corrected chi connectivity index (χ3v) is 5.73. The summed E-state index contributed by atoms with van der Waals surface area (Å²) in [4.78, 5) is 28.6. The van der Waals surface area contributed by atoms with Gasteiger partial charge >= 0.3 is 12.1 Å². The van der Waals surface area contributed by atoms with E-state index >= 15 is 0 Å². The van der Waals surface area contributed by atoms with Crippen molar-refractivity contribution in [3.63, 3.8) is 0 Å². The van der Waals surface area contributed by atoms with Gasteiger partial charge in [0.2, 0.25) is 5.60 Å². The van der Waals surface area contributed by atoms with E-state index in [1.54, 1.807) is 35.8 Å². The summed E-state index contributed by atoms with van der Waals surface area (Å²) >= 11 is 1.03. The molecule has 7 nitrogen and oxygen atoms in total. The van der Waals surface area contributed by atoms with Crippen molar-refractivity contribution in [1.29, 1.82) is 0 Å². The first kappa shape index (κ1) is 23.1. The summed E-state index contributed by atoms with van der Waals surface area (Å²) in [5, 5.41) is 2.38. The number of halogens is 3. The number of carbonyl (C=O) groups is 1. The van der Waals surface area contributed by atoms with Gasteiger partial charge in [0.15, 0.2) is 5.82 Å². The van der Waals surface area contributed by atoms with Crippen LogP contribution in [-0.2, 0) is 15.1 Å². The zero-order chi connectivity index (χ0) is 24.5. The molecule has 0 aliphatic carbocycles. The molecule has 0 aliphatic rings. The Bertz CT molecular complexity index is 1440. The molecule has 0 saturated carbocycles. The fourth-order valence-electron chi connectivity index (χ4n) is 3.18. The van der Waals surface area contributed by atoms with Gasteiger partial charge in [0.25, 0.3) is 0 Å². The van der Waals surface area contributed by atoms with E-state index in [-0.39, 0.29) is 5.01 Å². The van der Waals surface area contributed by atoms with Crippen LogP contribution < -0.4 is 5.73 Å². The van der Waals surface area contributed by atoms with Gasteiger partial charge in [0.1, 0.15) is 5.01 Å². The highest BCUT2D eigenvalue weighted by molar-refractivity contribution is 7.09. The minimum absolute atomic E-state index is 0.118. The molecule has 4 aromatic rings. The van der Waals surface area contributed by atoms with E-state index in [1.165, 1.54) is 19.3 Å². The largest absolute Gasteiger partial charge is 0.490 e. The van der Waals surface area contributed by atoms with E-state index in [9.17, 15) is 18.0 Å². The van der Waals surface area contributed by atoms with Gasteiger partial charge in [-0.1, -0.05) is 18.1 Å². The molecule has 0 saturated heterocycles. The molecule has 0 fully saturated rings. The highest BCUT2D eigenvalue weighted by Crippen LogP contribution is 2.31. The van der Waals surface area contributed by atoms with Crippen molar-refractivity contribution < 1.29 is 22.7 Å². The van der Waals surface area contributed by atoms with Crippen LogP contribution >= 0.6 is 11.3 Å². The maximum atomic E-state index is 12.8. The molecule has 1 aromatic carbocycles. The third-order valence-electron chi connectivity index (χ3n) is 4.75. The number of aromatic nitrogens is 4. The number of nitrogen functional groups attached to an aromatic ring is 1. The normalized spacial score (nSPS) is 13.1. The van der Waals surface area contributed by atoms with Crippen LogP contribution in [0.3, 0.4) is 0 Å². The summed E-state index contributed by atoms with van der Waals surface area (Å²) in [5.74, 6) is 3.48. The lowest BCUT2D eigenvalue weighted by Gasteiger charge is -2.22. The molecule has 11 heteroatoms. The molecule has 0 aliphatic heterocycles. The van der Waals surface area contributed by atoms with Crippen molar-refractivity contribution in [2.24, 2.45) is 0 Å². The maximum Gasteiger partial charge on any atom is 0.490 e. The summed E-state index contributed by atoms with van der Waals surface area (Å²) < 4.78 is 43.2. The lowest BCUT2D eigenvalue weighted by atomic mass is 10.1. The predicted octanol–water partition coefficient (Wildman–Crippen LogP) is 4.41. The summed E-state index contributed by atoms with van der Waals surface area (Å²) in [7, 11) is 0. The Hall–Kier alpha value is -4.04. The quantitative estimate of drug-likeness (QED) is 0.340. The Morgan fingerprint density at radius 2 is 2.00 bits per heavy atom. The number of esters is 1. The number of hydrogen-bond donors (Lipinski definition) is 1. The zero-order valence-electron chi connectivity index (χ0n) is 17.8. The molecule has 3 heterocycles. The number of rotatable bonds is 3. The third kappa shape index (κ3) is 4.67. The van der Waals surface area contributed by atoms with E-state index in [2.05, 4.69) is 31.8 Å². The van der Waals surface area contributed by atoms with Crippen molar-refractivity contribution >= 4 is 33.9 Å². The number of alkyl halides is 3. The average Bonchev–Trinajstić information content (AvgIpc) is 3.33. The van der Waals surface area contributed by atoms with Crippen LogP contribution in [0.15, 0.2) is 48.2 Å². The zero-order valence-corrected chi connectivity index (χ0v) is 18.7. The topological polar surface area (TPSA) is 104 Å². The molecule has 0 radical (unpaired) electrons. The fourth-order valence-corrected chi connectivity index (χ4v) is 3.87. The van der Waals surface area contributed by atoms with Crippen LogP contribution in [-0.4, -0.2) is 32.1 Å². The van der Waals surface area contributed by atoms with Gasteiger partial charge in [-0.05, 0) is 31.9 Å². The lowest BCUT2D eigenvalue weighted by Crippen LogP contribution is -2.35. The summed E-state index contributed by atoms with van der Waals surface area (Å²) in [5.41, 5.74) is 6.89. The number of nitrogens with zero attached hydrogens (tertiary/aromatic N) is 4. The molecule has 0 unspecified atom stereocenters. The smallest absolute Gasteiger partial charge is 0.432 e. The molecule has 0 bridgehead atoms. The van der Waals surface area contributed by atoms with Gasteiger partial charge in [0, 0.05) is 28.1 Å². The molecule has 4 rings (SSSR count). The second kappa shape index (κ2) is 8.72. The van der Waals surface area contributed by atoms with Crippen LogP contribution in [0, 0.1) is 18.8 Å². The number of aryl methyl sites for hydroxylation is 1. The predicted molar refractivity (Wildman–Crippen MR) is 120 cm³/mol. The van der Waals surface area contributed by atoms with E-state index in [0.29, 0.717) is 39.2 Å². The summed E-state index contributed by atoms with van der Waals surface area (Å²) in [6, 6.07) is 6.83. The molecule has 0 amide bonds. The Labute approximate surface area is 195 Å². The van der Waals surface area contributed by atoms with E-state index in [1.807, 2.05) is 6.92 Å². The number of ether oxygens (including phenoxy) is 1. The first-order valence-corrected chi connectivity index (χ1v) is 10.7. The number of carbonyl (C=O) groups excluding carboxylic acids is 1. The maximum absolute atomic E-state index is 12.8. The van der Waals surface area contributed by atoms with Gasteiger partial charge in [-0.15, -0.1) is 11.3 Å². The van der Waals surface area contributed by atoms with Gasteiger partial charge in [-0.3, -0.25) is 4.98 Å². The molecular weight excluding hydrogens is 467 g/mol. The lowest BCUT2D eigenvalue weighted by molar-refractivity contribution is -0.209. The van der Waals surface area contributed by atoms with Crippen LogP contribution in [0.25, 0.3) is 22.3 Å². The van der Waals surface area contributed by atoms with E-state index < -0.39 is 17.7 Å². The number of fused-ring (bicyclic) bond motifs is 1. The molecule has 1 atom stereocenters. The highest BCUT2D eigenvalue weighted by Gasteiger charge is 2.46. The average molecular weight is 483 g/mol. The highest BCUT2D eigenvalue weighted by atomic mass is 32.1.